The van der Waals surface area contributed by atoms with Crippen LogP contribution in [0.3, 0.4) is 0 Å². The number of pyridine rings is 1. The van der Waals surface area contributed by atoms with Crippen LogP contribution >= 0.6 is 23.1 Å². The van der Waals surface area contributed by atoms with E-state index in [-0.39, 0.29) is 11.0 Å². The van der Waals surface area contributed by atoms with Gasteiger partial charge in [-0.1, -0.05) is 24.3 Å². The third kappa shape index (κ3) is 6.22. The van der Waals surface area contributed by atoms with E-state index < -0.39 is 5.91 Å². The number of carbonyl (C=O) groups is 3. The minimum absolute atomic E-state index is 0.0708. The van der Waals surface area contributed by atoms with Gasteiger partial charge in [-0.3, -0.25) is 19.7 Å². The van der Waals surface area contributed by atoms with Crippen LogP contribution in [-0.2, 0) is 11.3 Å². The molecule has 2 N–H and O–H groups in total. The summed E-state index contributed by atoms with van der Waals surface area (Å²) in [6, 6.07) is 16.0. The van der Waals surface area contributed by atoms with E-state index in [0.29, 0.717) is 29.0 Å². The van der Waals surface area contributed by atoms with Crippen molar-refractivity contribution in [3.63, 3.8) is 0 Å². The molecule has 2 aliphatic rings. The van der Waals surface area contributed by atoms with Crippen LogP contribution in [0.25, 0.3) is 27.4 Å². The molecule has 2 saturated heterocycles. The van der Waals surface area contributed by atoms with Crippen LogP contribution in [0, 0.1) is 5.92 Å². The number of amides is 2. The van der Waals surface area contributed by atoms with Crippen molar-refractivity contribution in [2.45, 2.75) is 26.3 Å². The summed E-state index contributed by atoms with van der Waals surface area (Å²) < 4.78 is 0. The molecule has 208 valence electrons. The molecule has 0 radical (unpaired) electrons. The average molecular weight is 585 g/mol. The molecule has 1 aromatic carbocycles. The van der Waals surface area contributed by atoms with Crippen LogP contribution in [0.1, 0.15) is 40.8 Å². The van der Waals surface area contributed by atoms with Gasteiger partial charge in [0.2, 0.25) is 5.95 Å². The zero-order valence-electron chi connectivity index (χ0n) is 22.4. The van der Waals surface area contributed by atoms with Crippen molar-refractivity contribution in [1.29, 1.82) is 0 Å². The summed E-state index contributed by atoms with van der Waals surface area (Å²) in [5.74, 6) is 0.832. The number of aromatic nitrogens is 3. The van der Waals surface area contributed by atoms with E-state index >= 15 is 0 Å². The number of rotatable bonds is 8. The second kappa shape index (κ2) is 11.9. The first-order valence-corrected chi connectivity index (χ1v) is 15.1. The molecule has 9 nitrogen and oxygen atoms in total. The highest BCUT2D eigenvalue weighted by molar-refractivity contribution is 8.18. The summed E-state index contributed by atoms with van der Waals surface area (Å²) in [7, 11) is 0. The minimum Gasteiger partial charge on any atom is -0.341 e. The van der Waals surface area contributed by atoms with Crippen LogP contribution in [0.4, 0.5) is 10.7 Å². The van der Waals surface area contributed by atoms with E-state index in [1.165, 1.54) is 11.3 Å². The van der Waals surface area contributed by atoms with E-state index in [2.05, 4.69) is 43.7 Å². The molecule has 0 saturated carbocycles. The largest absolute Gasteiger partial charge is 0.341 e. The van der Waals surface area contributed by atoms with Gasteiger partial charge in [-0.05, 0) is 79.7 Å². The fourth-order valence-electron chi connectivity index (χ4n) is 5.08. The normalized spacial score (nSPS) is 17.0. The van der Waals surface area contributed by atoms with E-state index in [4.69, 9.17) is 4.98 Å². The summed E-state index contributed by atoms with van der Waals surface area (Å²) in [6.45, 7) is 4.82. The molecule has 2 amide bonds. The van der Waals surface area contributed by atoms with Gasteiger partial charge >= 0.3 is 0 Å². The lowest BCUT2D eigenvalue weighted by atomic mass is 9.97. The van der Waals surface area contributed by atoms with Gasteiger partial charge in [0.1, 0.15) is 0 Å². The van der Waals surface area contributed by atoms with Crippen molar-refractivity contribution in [3.05, 3.63) is 75.9 Å². The number of anilines is 1. The van der Waals surface area contributed by atoms with Crippen molar-refractivity contribution >= 4 is 62.8 Å². The summed E-state index contributed by atoms with van der Waals surface area (Å²) in [5, 5.41) is 7.80. The molecule has 0 aliphatic carbocycles. The number of Topliss-reactive ketones (excluding diaryl/α,β-unsaturated/α-hetero) is 1. The van der Waals surface area contributed by atoms with Gasteiger partial charge in [0.25, 0.3) is 11.1 Å². The number of hydrogen-bond donors (Lipinski definition) is 2. The lowest BCUT2D eigenvalue weighted by Gasteiger charge is -2.32. The van der Waals surface area contributed by atoms with Gasteiger partial charge in [-0.15, -0.1) is 11.3 Å². The molecule has 5 heterocycles. The maximum absolute atomic E-state index is 11.9. The monoisotopic (exact) mass is 584 g/mol. The third-order valence-corrected chi connectivity index (χ3v) is 9.25. The Labute approximate surface area is 245 Å². The van der Waals surface area contributed by atoms with Crippen molar-refractivity contribution in [1.82, 2.24) is 25.6 Å². The average Bonchev–Trinajstić information content (AvgIpc) is 3.60. The number of fused-ring (bicyclic) bond motifs is 1. The lowest BCUT2D eigenvalue weighted by Crippen LogP contribution is -2.38. The van der Waals surface area contributed by atoms with Gasteiger partial charge in [0.05, 0.1) is 31.7 Å². The molecule has 2 fully saturated rings. The Morgan fingerprint density at radius 3 is 2.71 bits per heavy atom. The highest BCUT2D eigenvalue weighted by Crippen LogP contribution is 2.31. The topological polar surface area (TPSA) is 117 Å². The van der Waals surface area contributed by atoms with Crippen molar-refractivity contribution in [2.75, 3.05) is 24.5 Å². The molecule has 0 atom stereocenters. The van der Waals surface area contributed by atoms with Crippen molar-refractivity contribution in [3.8, 4) is 10.6 Å². The number of ketones is 1. The number of nitrogens with zero attached hydrogens (tertiary/aromatic N) is 4. The van der Waals surface area contributed by atoms with Crippen LogP contribution in [0.2, 0.25) is 0 Å². The number of thioether (sulfide) groups is 1. The molecule has 41 heavy (non-hydrogen) atoms. The first-order chi connectivity index (χ1) is 19.9. The standard InChI is InChI=1S/C30H28N6O3S2/c1-18(37)25-6-7-26(40-25)23-14-20-4-2-3-5-22(20)24(34-23)17-31-16-19-9-12-36(13-10-19)29-32-11-8-21(33-29)15-27-28(38)35-30(39)41-27/h2-8,11,14-15,19,31H,9-10,12-13,16-17H2,1H3,(H,35,38,39)/b27-15+. The summed E-state index contributed by atoms with van der Waals surface area (Å²) in [5.41, 5.74) is 2.50. The molecule has 4 aromatic rings. The second-order valence-corrected chi connectivity index (χ2v) is 12.2. The molecule has 0 bridgehead atoms. The molecule has 11 heteroatoms. The van der Waals surface area contributed by atoms with Crippen LogP contribution in [0.5, 0.6) is 0 Å². The highest BCUT2D eigenvalue weighted by Gasteiger charge is 2.26. The van der Waals surface area contributed by atoms with E-state index in [0.717, 1.165) is 76.2 Å². The predicted octanol–water partition coefficient (Wildman–Crippen LogP) is 5.29. The number of imide groups is 1. The molecular formula is C30H28N6O3S2. The smallest absolute Gasteiger partial charge is 0.290 e. The van der Waals surface area contributed by atoms with E-state index in [9.17, 15) is 14.4 Å². The zero-order chi connectivity index (χ0) is 28.3. The molecule has 3 aromatic heterocycles. The zero-order valence-corrected chi connectivity index (χ0v) is 24.1. The Kier molecular flexibility index (Phi) is 7.91. The number of hydrogen-bond acceptors (Lipinski definition) is 10. The fourth-order valence-corrected chi connectivity index (χ4v) is 6.61. The number of carbonyl (C=O) groups excluding carboxylic acids is 3. The quantitative estimate of drug-likeness (QED) is 0.211. The summed E-state index contributed by atoms with van der Waals surface area (Å²) in [4.78, 5) is 53.4. The molecule has 2 aliphatic heterocycles. The Morgan fingerprint density at radius 2 is 1.95 bits per heavy atom. The van der Waals surface area contributed by atoms with Crippen molar-refractivity contribution < 1.29 is 14.4 Å². The van der Waals surface area contributed by atoms with E-state index in [1.807, 2.05) is 24.3 Å². The molecular weight excluding hydrogens is 557 g/mol. The van der Waals surface area contributed by atoms with Gasteiger partial charge < -0.3 is 10.2 Å². The van der Waals surface area contributed by atoms with Crippen LogP contribution in [-0.4, -0.2) is 51.5 Å². The SMILES string of the molecule is CC(=O)c1ccc(-c2cc3ccccc3c(CNCC3CCN(c4nccc(/C=C5/SC(=O)NC5=O)n4)CC3)n2)s1. The second-order valence-electron chi connectivity index (χ2n) is 10.1. The lowest BCUT2D eigenvalue weighted by molar-refractivity contribution is -0.115. The number of benzene rings is 1. The van der Waals surface area contributed by atoms with Gasteiger partial charge in [-0.2, -0.15) is 0 Å². The highest BCUT2D eigenvalue weighted by atomic mass is 32.2. The molecule has 6 rings (SSSR count). The van der Waals surface area contributed by atoms with Crippen molar-refractivity contribution in [2.24, 2.45) is 5.92 Å². The summed E-state index contributed by atoms with van der Waals surface area (Å²) >= 11 is 2.36. The molecule has 0 spiro atoms. The number of piperidine rings is 1. The maximum Gasteiger partial charge on any atom is 0.290 e. The minimum atomic E-state index is -0.392. The number of thiophene rings is 1. The summed E-state index contributed by atoms with van der Waals surface area (Å²) in [6.07, 6.45) is 5.32. The number of nitrogens with one attached hydrogen (secondary N) is 2. The van der Waals surface area contributed by atoms with Gasteiger partial charge in [0, 0.05) is 31.2 Å². The van der Waals surface area contributed by atoms with Gasteiger partial charge in [-0.25, -0.2) is 15.0 Å². The fraction of sp³-hybridized carbons (Fsp3) is 0.267. The third-order valence-electron chi connectivity index (χ3n) is 7.23. The first-order valence-electron chi connectivity index (χ1n) is 13.5. The Balaban J connectivity index is 1.07. The Morgan fingerprint density at radius 1 is 1.12 bits per heavy atom. The molecule has 0 unspecified atom stereocenters. The Bertz CT molecular complexity index is 1680. The predicted molar refractivity (Wildman–Crippen MR) is 163 cm³/mol. The van der Waals surface area contributed by atoms with Crippen LogP contribution < -0.4 is 15.5 Å². The maximum atomic E-state index is 11.9. The van der Waals surface area contributed by atoms with E-state index in [1.54, 1.807) is 25.3 Å². The Hall–Kier alpha value is -3.93. The van der Waals surface area contributed by atoms with Crippen LogP contribution in [0.15, 0.2) is 59.6 Å². The first kappa shape index (κ1) is 27.3. The van der Waals surface area contributed by atoms with Gasteiger partial charge in [0.15, 0.2) is 5.78 Å².